The normalized spacial score (nSPS) is 12.3. The molecule has 8 aromatic carbocycles. The highest BCUT2D eigenvalue weighted by Crippen LogP contribution is 2.56. The molecule has 4 nitrogen and oxygen atoms in total. The molecule has 4 heteroatoms. The summed E-state index contributed by atoms with van der Waals surface area (Å²) in [6.07, 6.45) is 0. The molecular formula is C53H38O4. The van der Waals surface area contributed by atoms with Crippen molar-refractivity contribution in [1.82, 2.24) is 0 Å². The molecule has 0 heterocycles. The second kappa shape index (κ2) is 14.7. The van der Waals surface area contributed by atoms with E-state index in [1.54, 1.807) is 0 Å². The number of carbonyl (C=O) groups is 2. The quantitative estimate of drug-likeness (QED) is 0.131. The average Bonchev–Trinajstić information content (AvgIpc) is 3.56. The van der Waals surface area contributed by atoms with Crippen LogP contribution in [0.2, 0.25) is 0 Å². The lowest BCUT2D eigenvalue weighted by Gasteiger charge is -2.34. The van der Waals surface area contributed by atoms with Gasteiger partial charge in [-0.2, -0.15) is 0 Å². The Morgan fingerprint density at radius 3 is 0.965 bits per heavy atom. The van der Waals surface area contributed by atoms with Crippen molar-refractivity contribution < 1.29 is 19.1 Å². The van der Waals surface area contributed by atoms with E-state index < -0.39 is 5.41 Å². The fraction of sp³-hybridized carbons (Fsp3) is 0.0566. The van der Waals surface area contributed by atoms with Crippen LogP contribution in [0.4, 0.5) is 0 Å². The number of aryl methyl sites for hydroxylation is 2. The van der Waals surface area contributed by atoms with Gasteiger partial charge in [0.15, 0.2) is 11.6 Å². The van der Waals surface area contributed by atoms with Crippen molar-refractivity contribution in [3.8, 4) is 34.1 Å². The van der Waals surface area contributed by atoms with Gasteiger partial charge >= 0.3 is 0 Å². The first-order valence-corrected chi connectivity index (χ1v) is 19.1. The summed E-state index contributed by atoms with van der Waals surface area (Å²) in [6.45, 7) is 4.01. The van der Waals surface area contributed by atoms with Crippen LogP contribution in [0, 0.1) is 13.8 Å². The van der Waals surface area contributed by atoms with Gasteiger partial charge in [0.2, 0.25) is 0 Å². The zero-order chi connectivity index (χ0) is 38.9. The molecule has 0 fully saturated rings. The molecule has 0 N–H and O–H groups in total. The minimum Gasteiger partial charge on any atom is -0.457 e. The van der Waals surface area contributed by atoms with Crippen LogP contribution in [-0.2, 0) is 5.41 Å². The van der Waals surface area contributed by atoms with Crippen LogP contribution in [0.3, 0.4) is 0 Å². The fourth-order valence-corrected chi connectivity index (χ4v) is 7.93. The molecule has 0 saturated heterocycles. The van der Waals surface area contributed by atoms with Gasteiger partial charge in [0.05, 0.1) is 5.41 Å². The van der Waals surface area contributed by atoms with Crippen LogP contribution in [0.1, 0.15) is 65.2 Å². The topological polar surface area (TPSA) is 52.6 Å². The Balaban J connectivity index is 0.999. The number of hydrogen-bond donors (Lipinski definition) is 0. The molecule has 0 spiro atoms. The standard InChI is InChI=1S/C53H38O4/c1-35-11-15-37(16-12-35)51(54)39-19-27-43(28-20-39)56-45-31-23-41(24-32-45)53(49-9-5-3-7-47(49)48-8-4-6-10-50(48)53)42-25-33-46(34-26-42)57-44-29-21-40(22-30-44)52(55)38-17-13-36(2)14-18-38/h3-34H,1-2H3. The zero-order valence-corrected chi connectivity index (χ0v) is 31.6. The van der Waals surface area contributed by atoms with Crippen LogP contribution in [0.15, 0.2) is 194 Å². The lowest BCUT2D eigenvalue weighted by atomic mass is 9.68. The first-order chi connectivity index (χ1) is 27.9. The van der Waals surface area contributed by atoms with E-state index in [0.717, 1.165) is 22.3 Å². The van der Waals surface area contributed by atoms with Gasteiger partial charge in [0.25, 0.3) is 0 Å². The molecule has 0 aromatic heterocycles. The van der Waals surface area contributed by atoms with Gasteiger partial charge in [-0.3, -0.25) is 9.59 Å². The zero-order valence-electron chi connectivity index (χ0n) is 31.6. The third-order valence-electron chi connectivity index (χ3n) is 10.9. The monoisotopic (exact) mass is 738 g/mol. The van der Waals surface area contributed by atoms with Crippen molar-refractivity contribution in [1.29, 1.82) is 0 Å². The SMILES string of the molecule is Cc1ccc(C(=O)c2ccc(Oc3ccc(C4(c5ccc(Oc6ccc(C(=O)c7ccc(C)cc7)cc6)cc5)c5ccccc5-c5ccccc54)cc3)cc2)cc1. The summed E-state index contributed by atoms with van der Waals surface area (Å²) in [5.74, 6) is 2.65. The first kappa shape index (κ1) is 35.4. The lowest BCUT2D eigenvalue weighted by molar-refractivity contribution is 0.103. The van der Waals surface area contributed by atoms with Gasteiger partial charge < -0.3 is 9.47 Å². The van der Waals surface area contributed by atoms with E-state index in [2.05, 4.69) is 72.8 Å². The van der Waals surface area contributed by atoms with Gasteiger partial charge in [0.1, 0.15) is 23.0 Å². The third-order valence-corrected chi connectivity index (χ3v) is 10.9. The average molecular weight is 739 g/mol. The van der Waals surface area contributed by atoms with Crippen LogP contribution < -0.4 is 9.47 Å². The Kier molecular flexibility index (Phi) is 9.16. The fourth-order valence-electron chi connectivity index (χ4n) is 7.93. The summed E-state index contributed by atoms with van der Waals surface area (Å²) < 4.78 is 12.6. The van der Waals surface area contributed by atoms with Crippen molar-refractivity contribution in [3.05, 3.63) is 250 Å². The van der Waals surface area contributed by atoms with Crippen LogP contribution in [0.5, 0.6) is 23.0 Å². The highest BCUT2D eigenvalue weighted by molar-refractivity contribution is 6.09. The molecular weight excluding hydrogens is 701 g/mol. The number of ether oxygens (including phenoxy) is 2. The molecule has 0 unspecified atom stereocenters. The maximum absolute atomic E-state index is 13.0. The summed E-state index contributed by atoms with van der Waals surface area (Å²) in [5, 5.41) is 0. The summed E-state index contributed by atoms with van der Waals surface area (Å²) >= 11 is 0. The Morgan fingerprint density at radius 1 is 0.351 bits per heavy atom. The minimum atomic E-state index is -0.597. The van der Waals surface area contributed by atoms with Crippen LogP contribution in [-0.4, -0.2) is 11.6 Å². The Morgan fingerprint density at radius 2 is 0.632 bits per heavy atom. The molecule has 0 aliphatic heterocycles. The molecule has 1 aliphatic rings. The second-order valence-corrected chi connectivity index (χ2v) is 14.5. The van der Waals surface area contributed by atoms with E-state index in [0.29, 0.717) is 45.3 Å². The highest BCUT2D eigenvalue weighted by Gasteiger charge is 2.45. The predicted molar refractivity (Wildman–Crippen MR) is 226 cm³/mol. The van der Waals surface area contributed by atoms with E-state index in [4.69, 9.17) is 9.47 Å². The van der Waals surface area contributed by atoms with Crippen molar-refractivity contribution in [2.75, 3.05) is 0 Å². The van der Waals surface area contributed by atoms with Gasteiger partial charge in [0, 0.05) is 22.3 Å². The molecule has 8 aromatic rings. The van der Waals surface area contributed by atoms with E-state index in [1.807, 2.05) is 135 Å². The number of benzene rings is 8. The Hall–Kier alpha value is -7.30. The molecule has 0 amide bonds. The minimum absolute atomic E-state index is 0.0196. The maximum atomic E-state index is 13.0. The molecule has 9 rings (SSSR count). The van der Waals surface area contributed by atoms with Crippen molar-refractivity contribution in [2.45, 2.75) is 19.3 Å². The first-order valence-electron chi connectivity index (χ1n) is 19.1. The summed E-state index contributed by atoms with van der Waals surface area (Å²) in [7, 11) is 0. The molecule has 0 radical (unpaired) electrons. The number of hydrogen-bond acceptors (Lipinski definition) is 4. The van der Waals surface area contributed by atoms with Gasteiger partial charge in [-0.05, 0) is 120 Å². The Labute approximate surface area is 332 Å². The van der Waals surface area contributed by atoms with Gasteiger partial charge in [-0.25, -0.2) is 0 Å². The summed E-state index contributed by atoms with van der Waals surface area (Å²) in [6, 6.07) is 63.7. The molecule has 57 heavy (non-hydrogen) atoms. The molecule has 1 aliphatic carbocycles. The highest BCUT2D eigenvalue weighted by atomic mass is 16.5. The number of carbonyl (C=O) groups excluding carboxylic acids is 2. The van der Waals surface area contributed by atoms with E-state index in [1.165, 1.54) is 22.3 Å². The second-order valence-electron chi connectivity index (χ2n) is 14.5. The molecule has 0 saturated carbocycles. The smallest absolute Gasteiger partial charge is 0.193 e. The largest absolute Gasteiger partial charge is 0.457 e. The van der Waals surface area contributed by atoms with Crippen LogP contribution >= 0.6 is 0 Å². The van der Waals surface area contributed by atoms with Gasteiger partial charge in [-0.1, -0.05) is 132 Å². The summed E-state index contributed by atoms with van der Waals surface area (Å²) in [4.78, 5) is 26.1. The van der Waals surface area contributed by atoms with E-state index >= 15 is 0 Å². The Bertz CT molecular complexity index is 2530. The van der Waals surface area contributed by atoms with Crippen molar-refractivity contribution in [3.63, 3.8) is 0 Å². The number of fused-ring (bicyclic) bond motifs is 3. The predicted octanol–water partition coefficient (Wildman–Crippen LogP) is 12.7. The molecule has 274 valence electrons. The number of rotatable bonds is 10. The molecule has 0 atom stereocenters. The third kappa shape index (κ3) is 6.62. The van der Waals surface area contributed by atoms with E-state index in [-0.39, 0.29) is 11.6 Å². The van der Waals surface area contributed by atoms with E-state index in [9.17, 15) is 9.59 Å². The number of ketones is 2. The summed E-state index contributed by atoms with van der Waals surface area (Å²) in [5.41, 5.74) is 11.2. The van der Waals surface area contributed by atoms with Crippen molar-refractivity contribution >= 4 is 11.6 Å². The molecule has 0 bridgehead atoms. The lowest BCUT2D eigenvalue weighted by Crippen LogP contribution is -2.28. The van der Waals surface area contributed by atoms with Crippen molar-refractivity contribution in [2.24, 2.45) is 0 Å². The maximum Gasteiger partial charge on any atom is 0.193 e. The van der Waals surface area contributed by atoms with Gasteiger partial charge in [-0.15, -0.1) is 0 Å². The van der Waals surface area contributed by atoms with Crippen LogP contribution in [0.25, 0.3) is 11.1 Å².